The van der Waals surface area contributed by atoms with Crippen molar-refractivity contribution in [2.75, 3.05) is 0 Å². The predicted molar refractivity (Wildman–Crippen MR) is 95.7 cm³/mol. The third kappa shape index (κ3) is 2.75. The Labute approximate surface area is 141 Å². The standard InChI is InChI=1S/C13H10.C4H2N2S2.Si/c1-3-7-12-10(5-1)9-11-6-2-4-8-13(11)12;1-2-7-4-3(1)8-6-5-4;/h1-8H,9H2;1-2H;. The number of benzene rings is 2. The zero-order chi connectivity index (χ0) is 14.1. The summed E-state index contributed by atoms with van der Waals surface area (Å²) in [4.78, 5) is 1.05. The maximum absolute atomic E-state index is 3.87. The lowest BCUT2D eigenvalue weighted by Crippen LogP contribution is -1.77. The van der Waals surface area contributed by atoms with Crippen molar-refractivity contribution in [1.29, 1.82) is 0 Å². The number of hydrogen-bond donors (Lipinski definition) is 0. The highest BCUT2D eigenvalue weighted by atomic mass is 32.1. The molecule has 0 saturated carbocycles. The van der Waals surface area contributed by atoms with E-state index in [4.69, 9.17) is 0 Å². The van der Waals surface area contributed by atoms with E-state index in [9.17, 15) is 0 Å². The van der Waals surface area contributed by atoms with Crippen LogP contribution in [0.4, 0.5) is 0 Å². The number of rotatable bonds is 0. The van der Waals surface area contributed by atoms with Gasteiger partial charge < -0.3 is 0 Å². The van der Waals surface area contributed by atoms with E-state index in [1.165, 1.54) is 38.5 Å². The van der Waals surface area contributed by atoms with Gasteiger partial charge in [-0.05, 0) is 51.7 Å². The van der Waals surface area contributed by atoms with Gasteiger partial charge in [-0.25, -0.2) is 0 Å². The van der Waals surface area contributed by atoms with E-state index in [1.807, 2.05) is 11.4 Å². The first-order valence-corrected chi connectivity index (χ1v) is 8.39. The fraction of sp³-hybridized carbons (Fsp3) is 0.0588. The molecule has 5 rings (SSSR count). The molecule has 5 heteroatoms. The predicted octanol–water partition coefficient (Wildman–Crippen LogP) is 4.63. The Bertz CT molecular complexity index is 803. The Morgan fingerprint density at radius 2 is 1.45 bits per heavy atom. The molecule has 1 aliphatic carbocycles. The largest absolute Gasteiger partial charge is 0.158 e. The van der Waals surface area contributed by atoms with Crippen LogP contribution in [0.5, 0.6) is 0 Å². The van der Waals surface area contributed by atoms with E-state index in [2.05, 4.69) is 58.1 Å². The fourth-order valence-electron chi connectivity index (χ4n) is 2.61. The van der Waals surface area contributed by atoms with Gasteiger partial charge in [0, 0.05) is 11.0 Å². The highest BCUT2D eigenvalue weighted by Crippen LogP contribution is 2.35. The molecular formula is C17H12N2S2Si. The maximum Gasteiger partial charge on any atom is 0.158 e. The fourth-order valence-corrected chi connectivity index (χ4v) is 4.07. The molecule has 1 aliphatic rings. The molecule has 0 amide bonds. The molecule has 0 saturated heterocycles. The second-order valence-electron chi connectivity index (χ2n) is 4.85. The Hall–Kier alpha value is -1.82. The first kappa shape index (κ1) is 15.1. The Kier molecular flexibility index (Phi) is 4.47. The van der Waals surface area contributed by atoms with Crippen molar-refractivity contribution in [3.05, 3.63) is 71.1 Å². The first-order valence-electron chi connectivity index (χ1n) is 6.73. The van der Waals surface area contributed by atoms with Crippen molar-refractivity contribution in [3.8, 4) is 11.1 Å². The van der Waals surface area contributed by atoms with E-state index in [1.54, 1.807) is 11.3 Å². The minimum atomic E-state index is 0. The third-order valence-corrected chi connectivity index (χ3v) is 5.20. The first-order chi connectivity index (χ1) is 10.4. The lowest BCUT2D eigenvalue weighted by Gasteiger charge is -1.98. The van der Waals surface area contributed by atoms with E-state index in [0.717, 1.165) is 11.3 Å². The van der Waals surface area contributed by atoms with Gasteiger partial charge >= 0.3 is 0 Å². The van der Waals surface area contributed by atoms with Crippen molar-refractivity contribution < 1.29 is 0 Å². The molecule has 0 bridgehead atoms. The Morgan fingerprint density at radius 3 is 2.09 bits per heavy atom. The van der Waals surface area contributed by atoms with Crippen LogP contribution in [0.3, 0.4) is 0 Å². The van der Waals surface area contributed by atoms with Crippen LogP contribution in [0.15, 0.2) is 60.0 Å². The molecule has 2 nitrogen and oxygen atoms in total. The van der Waals surface area contributed by atoms with Crippen molar-refractivity contribution in [2.24, 2.45) is 0 Å². The lowest BCUT2D eigenvalue weighted by atomic mass is 10.1. The summed E-state index contributed by atoms with van der Waals surface area (Å²) >= 11 is 3.07. The summed E-state index contributed by atoms with van der Waals surface area (Å²) in [5.74, 6) is 0. The highest BCUT2D eigenvalue weighted by Gasteiger charge is 2.15. The van der Waals surface area contributed by atoms with Crippen LogP contribution in [0.1, 0.15) is 11.1 Å². The van der Waals surface area contributed by atoms with Gasteiger partial charge in [0.15, 0.2) is 4.83 Å². The molecule has 106 valence electrons. The average molecular weight is 337 g/mol. The second-order valence-corrected chi connectivity index (χ2v) is 6.53. The Balaban J connectivity index is 0.000000139. The van der Waals surface area contributed by atoms with E-state index < -0.39 is 0 Å². The molecule has 0 unspecified atom stereocenters. The van der Waals surface area contributed by atoms with Crippen LogP contribution in [-0.4, -0.2) is 20.6 Å². The SMILES string of the molecule is [Si].c1cc2snnc2s1.c1ccc2c(c1)Cc1ccccc1-2. The topological polar surface area (TPSA) is 25.8 Å². The summed E-state index contributed by atoms with van der Waals surface area (Å²) in [6.45, 7) is 0. The van der Waals surface area contributed by atoms with Crippen LogP contribution < -0.4 is 0 Å². The van der Waals surface area contributed by atoms with Crippen LogP contribution in [0, 0.1) is 0 Å². The van der Waals surface area contributed by atoms with Gasteiger partial charge in [0.1, 0.15) is 0 Å². The van der Waals surface area contributed by atoms with Gasteiger partial charge in [-0.1, -0.05) is 53.0 Å². The van der Waals surface area contributed by atoms with Crippen molar-refractivity contribution >= 4 is 43.4 Å². The number of thiophene rings is 1. The molecule has 2 aromatic carbocycles. The highest BCUT2D eigenvalue weighted by molar-refractivity contribution is 7.23. The smallest absolute Gasteiger partial charge is 0.127 e. The molecule has 0 fully saturated rings. The molecule has 2 heterocycles. The third-order valence-electron chi connectivity index (χ3n) is 3.59. The second kappa shape index (κ2) is 6.52. The molecule has 4 radical (unpaired) electrons. The van der Waals surface area contributed by atoms with Gasteiger partial charge in [0.25, 0.3) is 0 Å². The summed E-state index contributed by atoms with van der Waals surface area (Å²) in [6, 6.07) is 19.3. The molecular weight excluding hydrogens is 324 g/mol. The van der Waals surface area contributed by atoms with Gasteiger partial charge in [0.2, 0.25) is 0 Å². The molecule has 22 heavy (non-hydrogen) atoms. The van der Waals surface area contributed by atoms with Crippen LogP contribution >= 0.6 is 22.9 Å². The molecule has 0 atom stereocenters. The van der Waals surface area contributed by atoms with Crippen molar-refractivity contribution in [2.45, 2.75) is 6.42 Å². The minimum absolute atomic E-state index is 0. The average Bonchev–Trinajstić information content (AvgIpc) is 3.21. The van der Waals surface area contributed by atoms with Crippen molar-refractivity contribution in [1.82, 2.24) is 9.59 Å². The summed E-state index contributed by atoms with van der Waals surface area (Å²) < 4.78 is 4.95. The molecule has 2 aromatic heterocycles. The van der Waals surface area contributed by atoms with Gasteiger partial charge in [-0.15, -0.1) is 16.4 Å². The number of fused-ring (bicyclic) bond motifs is 4. The molecule has 4 aromatic rings. The summed E-state index contributed by atoms with van der Waals surface area (Å²) in [5.41, 5.74) is 5.75. The summed E-state index contributed by atoms with van der Waals surface area (Å²) in [5, 5.41) is 5.89. The normalized spacial score (nSPS) is 11.1. The number of nitrogens with zero attached hydrogens (tertiary/aromatic N) is 2. The number of hydrogen-bond acceptors (Lipinski definition) is 4. The van der Waals surface area contributed by atoms with Crippen LogP contribution in [0.2, 0.25) is 0 Å². The molecule has 0 aliphatic heterocycles. The lowest BCUT2D eigenvalue weighted by molar-refractivity contribution is 1.21. The zero-order valence-electron chi connectivity index (χ0n) is 11.7. The molecule has 0 spiro atoms. The van der Waals surface area contributed by atoms with E-state index in [-0.39, 0.29) is 11.0 Å². The van der Waals surface area contributed by atoms with Gasteiger partial charge in [-0.2, -0.15) is 0 Å². The van der Waals surface area contributed by atoms with E-state index >= 15 is 0 Å². The number of aromatic nitrogens is 2. The summed E-state index contributed by atoms with van der Waals surface area (Å²) in [6.07, 6.45) is 1.10. The summed E-state index contributed by atoms with van der Waals surface area (Å²) in [7, 11) is 0. The molecule has 0 N–H and O–H groups in total. The van der Waals surface area contributed by atoms with Crippen LogP contribution in [-0.2, 0) is 6.42 Å². The van der Waals surface area contributed by atoms with E-state index in [0.29, 0.717) is 0 Å². The van der Waals surface area contributed by atoms with Gasteiger partial charge in [0.05, 0.1) is 4.70 Å². The maximum atomic E-state index is 3.87. The van der Waals surface area contributed by atoms with Crippen LogP contribution in [0.25, 0.3) is 20.7 Å². The van der Waals surface area contributed by atoms with Crippen molar-refractivity contribution in [3.63, 3.8) is 0 Å². The van der Waals surface area contributed by atoms with Gasteiger partial charge in [-0.3, -0.25) is 0 Å². The quantitative estimate of drug-likeness (QED) is 0.385. The zero-order valence-corrected chi connectivity index (χ0v) is 14.3. The minimum Gasteiger partial charge on any atom is -0.127 e. The monoisotopic (exact) mass is 336 g/mol. The Morgan fingerprint density at radius 1 is 0.818 bits per heavy atom.